The minimum Gasteiger partial charge on any atom is -0.444 e. The molecule has 0 radical (unpaired) electrons. The number of ether oxygens (including phenoxy) is 1. The monoisotopic (exact) mass is 253 g/mol. The molecule has 0 spiro atoms. The summed E-state index contributed by atoms with van der Waals surface area (Å²) in [6, 6.07) is 2.52. The molecule has 0 aromatic heterocycles. The fourth-order valence-corrected chi connectivity index (χ4v) is 2.09. The number of likely N-dealkylation sites (tertiary alicyclic amines) is 1. The molecule has 18 heavy (non-hydrogen) atoms. The van der Waals surface area contributed by atoms with Crippen LogP contribution in [-0.4, -0.2) is 41.8 Å². The lowest BCUT2D eigenvalue weighted by Crippen LogP contribution is -2.57. The third-order valence-corrected chi connectivity index (χ3v) is 3.24. The zero-order valence-corrected chi connectivity index (χ0v) is 11.9. The Labute approximate surface area is 109 Å². The molecule has 1 fully saturated rings. The first-order valence-corrected chi connectivity index (χ1v) is 6.30. The Morgan fingerprint density at radius 1 is 1.56 bits per heavy atom. The van der Waals surface area contributed by atoms with E-state index >= 15 is 0 Å². The van der Waals surface area contributed by atoms with E-state index in [1.165, 1.54) is 0 Å². The molecule has 2 unspecified atom stereocenters. The van der Waals surface area contributed by atoms with Gasteiger partial charge in [-0.05, 0) is 47.6 Å². The summed E-state index contributed by atoms with van der Waals surface area (Å²) < 4.78 is 5.21. The predicted molar refractivity (Wildman–Crippen MR) is 69.0 cm³/mol. The molecule has 1 heterocycles. The van der Waals surface area contributed by atoms with Crippen molar-refractivity contribution in [2.24, 2.45) is 0 Å². The van der Waals surface area contributed by atoms with E-state index in [1.807, 2.05) is 27.8 Å². The van der Waals surface area contributed by atoms with Crippen LogP contribution in [0.4, 0.5) is 4.79 Å². The number of amides is 1. The lowest BCUT2D eigenvalue weighted by molar-refractivity contribution is 0.0417. The van der Waals surface area contributed by atoms with Crippen molar-refractivity contribution in [1.29, 1.82) is 5.26 Å². The fraction of sp³-hybridized carbons (Fsp3) is 0.846. The molecule has 5 heteroatoms. The number of piperidine rings is 1. The van der Waals surface area contributed by atoms with Crippen LogP contribution in [0.5, 0.6) is 0 Å². The molecule has 5 nitrogen and oxygen atoms in total. The van der Waals surface area contributed by atoms with Gasteiger partial charge in [0.15, 0.2) is 0 Å². The zero-order chi connectivity index (χ0) is 14.0. The van der Waals surface area contributed by atoms with E-state index in [0.29, 0.717) is 12.8 Å². The predicted octanol–water partition coefficient (Wildman–Crippen LogP) is 1.89. The van der Waals surface area contributed by atoms with Gasteiger partial charge in [-0.15, -0.1) is 0 Å². The highest BCUT2D eigenvalue weighted by Crippen LogP contribution is 2.25. The Morgan fingerprint density at radius 2 is 2.17 bits per heavy atom. The summed E-state index contributed by atoms with van der Waals surface area (Å²) >= 11 is 0. The number of nitrogens with zero attached hydrogens (tertiary/aromatic N) is 2. The van der Waals surface area contributed by atoms with Gasteiger partial charge in [0.25, 0.3) is 0 Å². The maximum Gasteiger partial charge on any atom is 0.408 e. The summed E-state index contributed by atoms with van der Waals surface area (Å²) in [6.07, 6.45) is 0.740. The van der Waals surface area contributed by atoms with Gasteiger partial charge in [-0.25, -0.2) is 4.79 Å². The van der Waals surface area contributed by atoms with Gasteiger partial charge in [0.1, 0.15) is 11.1 Å². The number of hydrogen-bond acceptors (Lipinski definition) is 4. The second kappa shape index (κ2) is 5.15. The van der Waals surface area contributed by atoms with Crippen LogP contribution in [0.2, 0.25) is 0 Å². The van der Waals surface area contributed by atoms with Crippen LogP contribution in [0.25, 0.3) is 0 Å². The molecule has 102 valence electrons. The average Bonchev–Trinajstić information content (AvgIpc) is 2.21. The van der Waals surface area contributed by atoms with Crippen molar-refractivity contribution < 1.29 is 9.53 Å². The van der Waals surface area contributed by atoms with Crippen LogP contribution in [0.15, 0.2) is 0 Å². The Morgan fingerprint density at radius 3 is 2.61 bits per heavy atom. The van der Waals surface area contributed by atoms with Crippen LogP contribution in [0.1, 0.15) is 40.5 Å². The minimum absolute atomic E-state index is 0.272. The summed E-state index contributed by atoms with van der Waals surface area (Å²) in [7, 11) is 2.03. The Balaban J connectivity index is 2.68. The largest absolute Gasteiger partial charge is 0.444 e. The van der Waals surface area contributed by atoms with Gasteiger partial charge in [0.05, 0.1) is 6.07 Å². The summed E-state index contributed by atoms with van der Waals surface area (Å²) in [4.78, 5) is 14.0. The van der Waals surface area contributed by atoms with Crippen molar-refractivity contribution in [3.05, 3.63) is 0 Å². The van der Waals surface area contributed by atoms with Gasteiger partial charge >= 0.3 is 6.09 Å². The van der Waals surface area contributed by atoms with Crippen molar-refractivity contribution in [2.75, 3.05) is 13.6 Å². The third-order valence-electron chi connectivity index (χ3n) is 3.24. The molecule has 1 aliphatic heterocycles. The van der Waals surface area contributed by atoms with Gasteiger partial charge in [-0.3, -0.25) is 0 Å². The summed E-state index contributed by atoms with van der Waals surface area (Å²) in [5.41, 5.74) is -1.34. The summed E-state index contributed by atoms with van der Waals surface area (Å²) in [5, 5.41) is 12.1. The maximum absolute atomic E-state index is 11.8. The molecule has 1 rings (SSSR count). The topological polar surface area (TPSA) is 65.4 Å². The Hall–Kier alpha value is -1.28. The molecule has 0 aromatic rings. The Kier molecular flexibility index (Phi) is 4.23. The molecule has 2 atom stereocenters. The molecule has 1 saturated heterocycles. The number of nitriles is 1. The lowest BCUT2D eigenvalue weighted by atomic mass is 9.85. The van der Waals surface area contributed by atoms with Crippen molar-refractivity contribution in [2.45, 2.75) is 57.7 Å². The van der Waals surface area contributed by atoms with Gasteiger partial charge in [0, 0.05) is 12.6 Å². The van der Waals surface area contributed by atoms with Crippen LogP contribution in [0.3, 0.4) is 0 Å². The van der Waals surface area contributed by atoms with Gasteiger partial charge in [-0.1, -0.05) is 0 Å². The standard InChI is InChI=1S/C13H23N3O2/c1-10-8-13(9-14,6-7-16(10)5)15-11(17)18-12(2,3)4/h10H,6-8H2,1-5H3,(H,15,17). The van der Waals surface area contributed by atoms with E-state index in [-0.39, 0.29) is 6.04 Å². The van der Waals surface area contributed by atoms with E-state index in [0.717, 1.165) is 6.54 Å². The number of carbonyl (C=O) groups is 1. The molecule has 0 bridgehead atoms. The molecule has 0 saturated carbocycles. The van der Waals surface area contributed by atoms with Crippen LogP contribution in [-0.2, 0) is 4.74 Å². The van der Waals surface area contributed by atoms with E-state index < -0.39 is 17.2 Å². The molecular weight excluding hydrogens is 230 g/mol. The highest BCUT2D eigenvalue weighted by Gasteiger charge is 2.39. The first-order valence-electron chi connectivity index (χ1n) is 6.30. The highest BCUT2D eigenvalue weighted by atomic mass is 16.6. The van der Waals surface area contributed by atoms with E-state index in [1.54, 1.807) is 0 Å². The quantitative estimate of drug-likeness (QED) is 0.775. The van der Waals surface area contributed by atoms with Crippen molar-refractivity contribution in [3.8, 4) is 6.07 Å². The van der Waals surface area contributed by atoms with Crippen molar-refractivity contribution in [1.82, 2.24) is 10.2 Å². The number of alkyl carbamates (subject to hydrolysis) is 1. The van der Waals surface area contributed by atoms with Crippen LogP contribution >= 0.6 is 0 Å². The lowest BCUT2D eigenvalue weighted by Gasteiger charge is -2.40. The number of hydrogen-bond donors (Lipinski definition) is 1. The third kappa shape index (κ3) is 3.88. The molecule has 1 N–H and O–H groups in total. The SMILES string of the molecule is CC1CC(C#N)(NC(=O)OC(C)(C)C)CCN1C. The van der Waals surface area contributed by atoms with Gasteiger partial charge in [-0.2, -0.15) is 5.26 Å². The first kappa shape index (κ1) is 14.8. The molecule has 1 amide bonds. The second-order valence-electron chi connectivity index (χ2n) is 6.10. The first-order chi connectivity index (χ1) is 8.17. The maximum atomic E-state index is 11.8. The number of nitrogens with one attached hydrogen (secondary N) is 1. The molecule has 0 aromatic carbocycles. The highest BCUT2D eigenvalue weighted by molar-refractivity contribution is 5.69. The smallest absolute Gasteiger partial charge is 0.408 e. The Bertz CT molecular complexity index is 356. The van der Waals surface area contributed by atoms with Gasteiger partial charge < -0.3 is 15.0 Å². The molecule has 1 aliphatic rings. The van der Waals surface area contributed by atoms with E-state index in [2.05, 4.69) is 23.2 Å². The normalized spacial score (nSPS) is 29.4. The zero-order valence-electron chi connectivity index (χ0n) is 11.9. The molecule has 0 aliphatic carbocycles. The average molecular weight is 253 g/mol. The summed E-state index contributed by atoms with van der Waals surface area (Å²) in [6.45, 7) is 8.28. The van der Waals surface area contributed by atoms with E-state index in [9.17, 15) is 10.1 Å². The van der Waals surface area contributed by atoms with Crippen LogP contribution < -0.4 is 5.32 Å². The number of rotatable bonds is 1. The summed E-state index contributed by atoms with van der Waals surface area (Å²) in [5.74, 6) is 0. The minimum atomic E-state index is -0.797. The van der Waals surface area contributed by atoms with E-state index in [4.69, 9.17) is 4.74 Å². The number of carbonyl (C=O) groups excluding carboxylic acids is 1. The van der Waals surface area contributed by atoms with Crippen molar-refractivity contribution in [3.63, 3.8) is 0 Å². The van der Waals surface area contributed by atoms with Crippen molar-refractivity contribution >= 4 is 6.09 Å². The fourth-order valence-electron chi connectivity index (χ4n) is 2.09. The second-order valence-corrected chi connectivity index (χ2v) is 6.10. The van der Waals surface area contributed by atoms with Gasteiger partial charge in [0.2, 0.25) is 0 Å². The van der Waals surface area contributed by atoms with Crippen LogP contribution in [0, 0.1) is 11.3 Å². The molecular formula is C13H23N3O2.